The fraction of sp³-hybridized carbons (Fsp3) is 0.308. The minimum atomic E-state index is -0.574. The lowest BCUT2D eigenvalue weighted by molar-refractivity contribution is -0.139. The van der Waals surface area contributed by atoms with Crippen molar-refractivity contribution >= 4 is 12.1 Å². The Morgan fingerprint density at radius 2 is 2.11 bits per heavy atom. The van der Waals surface area contributed by atoms with Gasteiger partial charge in [0.25, 0.3) is 0 Å². The summed E-state index contributed by atoms with van der Waals surface area (Å²) in [6, 6.07) is 3.61. The Labute approximate surface area is 111 Å². The molecular formula is C13H16N2O4. The van der Waals surface area contributed by atoms with Crippen molar-refractivity contribution in [3.63, 3.8) is 0 Å². The predicted molar refractivity (Wildman–Crippen MR) is 68.2 cm³/mol. The van der Waals surface area contributed by atoms with E-state index in [4.69, 9.17) is 9.47 Å². The van der Waals surface area contributed by atoms with E-state index in [-0.39, 0.29) is 13.2 Å². The van der Waals surface area contributed by atoms with Crippen LogP contribution in [0.3, 0.4) is 0 Å². The number of esters is 1. The Kier molecular flexibility index (Phi) is 6.08. The van der Waals surface area contributed by atoms with Crippen LogP contribution in [0.15, 0.2) is 36.7 Å². The van der Waals surface area contributed by atoms with Crippen molar-refractivity contribution in [2.24, 2.45) is 0 Å². The lowest BCUT2D eigenvalue weighted by Crippen LogP contribution is -2.25. The summed E-state index contributed by atoms with van der Waals surface area (Å²) in [6.07, 6.45) is 2.72. The highest BCUT2D eigenvalue weighted by molar-refractivity contribution is 5.86. The maximum atomic E-state index is 11.3. The van der Waals surface area contributed by atoms with Gasteiger partial charge in [0.1, 0.15) is 13.2 Å². The van der Waals surface area contributed by atoms with Crippen LogP contribution in [0, 0.1) is 0 Å². The van der Waals surface area contributed by atoms with Crippen LogP contribution in [-0.4, -0.2) is 30.3 Å². The second kappa shape index (κ2) is 7.86. The summed E-state index contributed by atoms with van der Waals surface area (Å²) < 4.78 is 9.58. The van der Waals surface area contributed by atoms with Gasteiger partial charge in [-0.2, -0.15) is 0 Å². The van der Waals surface area contributed by atoms with Gasteiger partial charge in [-0.25, -0.2) is 9.59 Å². The molecule has 1 N–H and O–H groups in total. The van der Waals surface area contributed by atoms with E-state index in [1.807, 2.05) is 6.07 Å². The van der Waals surface area contributed by atoms with Crippen LogP contribution >= 0.6 is 0 Å². The van der Waals surface area contributed by atoms with Crippen molar-refractivity contribution in [1.29, 1.82) is 0 Å². The molecule has 0 atom stereocenters. The topological polar surface area (TPSA) is 77.5 Å². The number of nitrogens with zero attached hydrogens (tertiary/aromatic N) is 1. The summed E-state index contributed by atoms with van der Waals surface area (Å²) in [5, 5.41) is 2.55. The first-order valence-corrected chi connectivity index (χ1v) is 5.71. The molecule has 6 nitrogen and oxygen atoms in total. The summed E-state index contributed by atoms with van der Waals surface area (Å²) in [5.41, 5.74) is 1.18. The van der Waals surface area contributed by atoms with Gasteiger partial charge in [0, 0.05) is 24.5 Å². The number of carbonyl (C=O) groups excluding carboxylic acids is 2. The second-order valence-corrected chi connectivity index (χ2v) is 3.77. The number of ether oxygens (including phenoxy) is 2. The molecule has 1 aromatic rings. The first kappa shape index (κ1) is 14.7. The highest BCUT2D eigenvalue weighted by Gasteiger charge is 2.05. The SMILES string of the molecule is C=C(C)C(=O)OCCOC(=O)NCc1cccnc1. The summed E-state index contributed by atoms with van der Waals surface area (Å²) in [6.45, 7) is 5.31. The highest BCUT2D eigenvalue weighted by Crippen LogP contribution is 1.95. The third-order valence-corrected chi connectivity index (χ3v) is 2.06. The minimum Gasteiger partial charge on any atom is -0.459 e. The third kappa shape index (κ3) is 6.21. The van der Waals surface area contributed by atoms with Gasteiger partial charge in [-0.1, -0.05) is 12.6 Å². The molecule has 0 unspecified atom stereocenters. The zero-order valence-electron chi connectivity index (χ0n) is 10.7. The van der Waals surface area contributed by atoms with Gasteiger partial charge in [-0.3, -0.25) is 4.98 Å². The monoisotopic (exact) mass is 264 g/mol. The summed E-state index contributed by atoms with van der Waals surface area (Å²) in [7, 11) is 0. The van der Waals surface area contributed by atoms with E-state index < -0.39 is 12.1 Å². The largest absolute Gasteiger partial charge is 0.459 e. The van der Waals surface area contributed by atoms with E-state index in [1.54, 1.807) is 25.4 Å². The summed E-state index contributed by atoms with van der Waals surface area (Å²) >= 11 is 0. The van der Waals surface area contributed by atoms with E-state index in [0.29, 0.717) is 12.1 Å². The smallest absolute Gasteiger partial charge is 0.407 e. The van der Waals surface area contributed by atoms with E-state index in [1.165, 1.54) is 0 Å². The lowest BCUT2D eigenvalue weighted by Gasteiger charge is -2.07. The van der Waals surface area contributed by atoms with Gasteiger partial charge in [0.2, 0.25) is 0 Å². The van der Waals surface area contributed by atoms with Crippen molar-refractivity contribution in [2.75, 3.05) is 13.2 Å². The highest BCUT2D eigenvalue weighted by atomic mass is 16.6. The van der Waals surface area contributed by atoms with Crippen molar-refractivity contribution in [1.82, 2.24) is 10.3 Å². The quantitative estimate of drug-likeness (QED) is 0.477. The predicted octanol–water partition coefficient (Wildman–Crippen LogP) is 1.43. The van der Waals surface area contributed by atoms with Gasteiger partial charge in [0.05, 0.1) is 0 Å². The Morgan fingerprint density at radius 1 is 1.37 bits per heavy atom. The van der Waals surface area contributed by atoms with Crippen molar-refractivity contribution < 1.29 is 19.1 Å². The molecule has 6 heteroatoms. The Bertz CT molecular complexity index is 445. The van der Waals surface area contributed by atoms with Gasteiger partial charge in [0.15, 0.2) is 0 Å². The molecule has 1 heterocycles. The Morgan fingerprint density at radius 3 is 2.74 bits per heavy atom. The van der Waals surface area contributed by atoms with E-state index in [9.17, 15) is 9.59 Å². The van der Waals surface area contributed by atoms with Crippen LogP contribution in [-0.2, 0) is 20.8 Å². The van der Waals surface area contributed by atoms with Crippen molar-refractivity contribution in [3.05, 3.63) is 42.2 Å². The molecule has 0 fully saturated rings. The molecule has 0 bridgehead atoms. The van der Waals surface area contributed by atoms with Crippen molar-refractivity contribution in [2.45, 2.75) is 13.5 Å². The molecule has 1 aromatic heterocycles. The standard InChI is InChI=1S/C13H16N2O4/c1-10(2)12(16)18-6-7-19-13(17)15-9-11-4-3-5-14-8-11/h3-5,8H,1,6-7,9H2,2H3,(H,15,17). The molecule has 0 aliphatic heterocycles. The summed E-state index contributed by atoms with van der Waals surface area (Å²) in [5.74, 6) is -0.501. The van der Waals surface area contributed by atoms with Crippen LogP contribution in [0.5, 0.6) is 0 Å². The average Bonchev–Trinajstić information content (AvgIpc) is 2.42. The molecular weight excluding hydrogens is 248 g/mol. The number of rotatable bonds is 6. The second-order valence-electron chi connectivity index (χ2n) is 3.77. The zero-order chi connectivity index (χ0) is 14.1. The van der Waals surface area contributed by atoms with Gasteiger partial charge in [-0.15, -0.1) is 0 Å². The Hall–Kier alpha value is -2.37. The van der Waals surface area contributed by atoms with Gasteiger partial charge in [-0.05, 0) is 18.6 Å². The molecule has 19 heavy (non-hydrogen) atoms. The van der Waals surface area contributed by atoms with Crippen LogP contribution in [0.4, 0.5) is 4.79 Å². The van der Waals surface area contributed by atoms with Gasteiger partial charge < -0.3 is 14.8 Å². The number of alkyl carbamates (subject to hydrolysis) is 1. The molecule has 0 aliphatic carbocycles. The molecule has 102 valence electrons. The van der Waals surface area contributed by atoms with E-state index in [2.05, 4.69) is 16.9 Å². The fourth-order valence-electron chi connectivity index (χ4n) is 1.12. The molecule has 1 amide bonds. The third-order valence-electron chi connectivity index (χ3n) is 2.06. The number of aromatic nitrogens is 1. The fourth-order valence-corrected chi connectivity index (χ4v) is 1.12. The average molecular weight is 264 g/mol. The normalized spacial score (nSPS) is 9.53. The maximum absolute atomic E-state index is 11.3. The summed E-state index contributed by atoms with van der Waals surface area (Å²) in [4.78, 5) is 26.2. The van der Waals surface area contributed by atoms with Crippen LogP contribution in [0.2, 0.25) is 0 Å². The number of hydrogen-bond acceptors (Lipinski definition) is 5. The number of pyridine rings is 1. The van der Waals surface area contributed by atoms with E-state index >= 15 is 0 Å². The van der Waals surface area contributed by atoms with Crippen LogP contribution < -0.4 is 5.32 Å². The van der Waals surface area contributed by atoms with Crippen LogP contribution in [0.25, 0.3) is 0 Å². The molecule has 0 aromatic carbocycles. The molecule has 0 saturated heterocycles. The number of hydrogen-bond donors (Lipinski definition) is 1. The number of carbonyl (C=O) groups is 2. The molecule has 0 aliphatic rings. The molecule has 0 radical (unpaired) electrons. The number of amides is 1. The molecule has 1 rings (SSSR count). The minimum absolute atomic E-state index is 0.00209. The van der Waals surface area contributed by atoms with Gasteiger partial charge >= 0.3 is 12.1 Å². The van der Waals surface area contributed by atoms with Crippen LogP contribution in [0.1, 0.15) is 12.5 Å². The molecule has 0 saturated carbocycles. The first-order valence-electron chi connectivity index (χ1n) is 5.71. The molecule has 0 spiro atoms. The Balaban J connectivity index is 2.12. The number of nitrogens with one attached hydrogen (secondary N) is 1. The first-order chi connectivity index (χ1) is 9.09. The zero-order valence-corrected chi connectivity index (χ0v) is 10.7. The van der Waals surface area contributed by atoms with Crippen molar-refractivity contribution in [3.8, 4) is 0 Å². The van der Waals surface area contributed by atoms with E-state index in [0.717, 1.165) is 5.56 Å². The maximum Gasteiger partial charge on any atom is 0.407 e. The lowest BCUT2D eigenvalue weighted by atomic mass is 10.3.